The first-order valence-electron chi connectivity index (χ1n) is 4.82. The molecular formula is C12H20O3. The maximum atomic E-state index is 8.75. The number of hydrogen-bond donors (Lipinski definition) is 1. The highest BCUT2D eigenvalue weighted by molar-refractivity contribution is 5.19. The summed E-state index contributed by atoms with van der Waals surface area (Å²) in [5.74, 6) is 0. The van der Waals surface area contributed by atoms with Crippen molar-refractivity contribution in [1.29, 1.82) is 0 Å². The molecule has 0 saturated carbocycles. The monoisotopic (exact) mass is 212 g/mol. The summed E-state index contributed by atoms with van der Waals surface area (Å²) in [6.07, 6.45) is 7.24. The van der Waals surface area contributed by atoms with Crippen LogP contribution in [0.25, 0.3) is 0 Å². The van der Waals surface area contributed by atoms with E-state index in [0.717, 1.165) is 11.1 Å². The molecule has 0 bridgehead atoms. The third-order valence-electron chi connectivity index (χ3n) is 1.90. The highest BCUT2D eigenvalue weighted by Gasteiger charge is 2.04. The summed E-state index contributed by atoms with van der Waals surface area (Å²) in [6.45, 7) is 3.89. The molecular weight excluding hydrogens is 192 g/mol. The highest BCUT2D eigenvalue weighted by Crippen LogP contribution is 2.05. The van der Waals surface area contributed by atoms with E-state index in [9.17, 15) is 0 Å². The Labute approximate surface area is 91.7 Å². The lowest BCUT2D eigenvalue weighted by Gasteiger charge is -2.12. The smallest absolute Gasteiger partial charge is 0.179 e. The van der Waals surface area contributed by atoms with Gasteiger partial charge in [-0.05, 0) is 25.0 Å². The molecule has 0 fully saturated rings. The minimum absolute atomic E-state index is 0.0891. The summed E-state index contributed by atoms with van der Waals surface area (Å²) in [5.41, 5.74) is 1.92. The highest BCUT2D eigenvalue weighted by atomic mass is 16.7. The predicted molar refractivity (Wildman–Crippen MR) is 61.5 cm³/mol. The number of allylic oxidation sites excluding steroid dienone is 4. The summed E-state index contributed by atoms with van der Waals surface area (Å²) < 4.78 is 10.2. The van der Waals surface area contributed by atoms with Gasteiger partial charge in [0.1, 0.15) is 0 Å². The normalized spacial score (nSPS) is 14.3. The van der Waals surface area contributed by atoms with Crippen LogP contribution >= 0.6 is 0 Å². The summed E-state index contributed by atoms with van der Waals surface area (Å²) in [6, 6.07) is 0. The van der Waals surface area contributed by atoms with E-state index in [0.29, 0.717) is 0 Å². The maximum absolute atomic E-state index is 8.75. The van der Waals surface area contributed by atoms with E-state index in [-0.39, 0.29) is 12.9 Å². The molecule has 3 heteroatoms. The number of hydrogen-bond acceptors (Lipinski definition) is 3. The molecule has 0 rings (SSSR count). The standard InChI is InChI=1S/C12H20O3/c1-10(9-13)7-5-6-8-11(2)12(14-3)15-4/h5-8,12-13H,9H2,1-4H3. The minimum Gasteiger partial charge on any atom is -0.392 e. The first-order valence-corrected chi connectivity index (χ1v) is 4.82. The molecule has 0 saturated heterocycles. The number of methoxy groups -OCH3 is 2. The zero-order valence-corrected chi connectivity index (χ0v) is 9.86. The van der Waals surface area contributed by atoms with Gasteiger partial charge in [-0.3, -0.25) is 0 Å². The SMILES string of the molecule is COC(OC)C(C)=CC=CC=C(C)CO. The van der Waals surface area contributed by atoms with Crippen molar-refractivity contribution in [2.75, 3.05) is 20.8 Å². The fourth-order valence-electron chi connectivity index (χ4n) is 1.03. The molecule has 0 amide bonds. The summed E-state index contributed by atoms with van der Waals surface area (Å²) in [7, 11) is 3.20. The van der Waals surface area contributed by atoms with Gasteiger partial charge < -0.3 is 14.6 Å². The summed E-state index contributed by atoms with van der Waals surface area (Å²) in [5, 5.41) is 8.75. The second-order valence-corrected chi connectivity index (χ2v) is 3.27. The van der Waals surface area contributed by atoms with Crippen LogP contribution in [0.4, 0.5) is 0 Å². The second kappa shape index (κ2) is 8.41. The molecule has 15 heavy (non-hydrogen) atoms. The third-order valence-corrected chi connectivity index (χ3v) is 1.90. The maximum Gasteiger partial charge on any atom is 0.179 e. The lowest BCUT2D eigenvalue weighted by atomic mass is 10.2. The Balaban J connectivity index is 4.26. The van der Waals surface area contributed by atoms with Crippen LogP contribution in [0.15, 0.2) is 35.5 Å². The number of aliphatic hydroxyl groups is 1. The van der Waals surface area contributed by atoms with E-state index in [2.05, 4.69) is 0 Å². The summed E-state index contributed by atoms with van der Waals surface area (Å²) in [4.78, 5) is 0. The molecule has 0 unspecified atom stereocenters. The molecule has 0 aliphatic carbocycles. The fourth-order valence-corrected chi connectivity index (χ4v) is 1.03. The van der Waals surface area contributed by atoms with Crippen molar-refractivity contribution < 1.29 is 14.6 Å². The molecule has 1 N–H and O–H groups in total. The van der Waals surface area contributed by atoms with E-state index < -0.39 is 0 Å². The fraction of sp³-hybridized carbons (Fsp3) is 0.500. The van der Waals surface area contributed by atoms with Gasteiger partial charge in [0.25, 0.3) is 0 Å². The Kier molecular flexibility index (Phi) is 7.91. The molecule has 0 heterocycles. The van der Waals surface area contributed by atoms with Crippen LogP contribution in [-0.4, -0.2) is 32.2 Å². The number of rotatable bonds is 6. The van der Waals surface area contributed by atoms with Crippen LogP contribution in [0.3, 0.4) is 0 Å². The predicted octanol–water partition coefficient (Wildman–Crippen LogP) is 2.05. The van der Waals surface area contributed by atoms with Gasteiger partial charge in [-0.2, -0.15) is 0 Å². The number of aliphatic hydroxyl groups excluding tert-OH is 1. The van der Waals surface area contributed by atoms with Gasteiger partial charge in [0.15, 0.2) is 6.29 Å². The largest absolute Gasteiger partial charge is 0.392 e. The van der Waals surface area contributed by atoms with Gasteiger partial charge in [-0.15, -0.1) is 0 Å². The first kappa shape index (κ1) is 14.1. The average molecular weight is 212 g/mol. The average Bonchev–Trinajstić information content (AvgIpc) is 2.25. The van der Waals surface area contributed by atoms with E-state index in [1.165, 1.54) is 0 Å². The number of ether oxygens (including phenoxy) is 2. The van der Waals surface area contributed by atoms with Crippen molar-refractivity contribution in [2.24, 2.45) is 0 Å². The quantitative estimate of drug-likeness (QED) is 0.541. The molecule has 86 valence electrons. The van der Waals surface area contributed by atoms with Crippen molar-refractivity contribution in [1.82, 2.24) is 0 Å². The third kappa shape index (κ3) is 6.23. The van der Waals surface area contributed by atoms with Crippen molar-refractivity contribution in [2.45, 2.75) is 20.1 Å². The van der Waals surface area contributed by atoms with Gasteiger partial charge in [-0.25, -0.2) is 0 Å². The second-order valence-electron chi connectivity index (χ2n) is 3.27. The van der Waals surface area contributed by atoms with E-state index in [4.69, 9.17) is 14.6 Å². The molecule has 0 aliphatic rings. The van der Waals surface area contributed by atoms with Gasteiger partial charge in [0, 0.05) is 14.2 Å². The molecule has 0 spiro atoms. The van der Waals surface area contributed by atoms with Gasteiger partial charge >= 0.3 is 0 Å². The zero-order valence-electron chi connectivity index (χ0n) is 9.86. The van der Waals surface area contributed by atoms with Crippen LogP contribution in [0.2, 0.25) is 0 Å². The van der Waals surface area contributed by atoms with Crippen LogP contribution < -0.4 is 0 Å². The molecule has 0 radical (unpaired) electrons. The van der Waals surface area contributed by atoms with E-state index in [1.54, 1.807) is 14.2 Å². The van der Waals surface area contributed by atoms with Crippen molar-refractivity contribution in [3.8, 4) is 0 Å². The van der Waals surface area contributed by atoms with Crippen LogP contribution in [0.1, 0.15) is 13.8 Å². The van der Waals surface area contributed by atoms with Gasteiger partial charge in [0.05, 0.1) is 6.61 Å². The molecule has 0 aromatic rings. The Morgan fingerprint density at radius 1 is 1.13 bits per heavy atom. The van der Waals surface area contributed by atoms with Gasteiger partial charge in [-0.1, -0.05) is 24.3 Å². The Bertz CT molecular complexity index is 248. The Morgan fingerprint density at radius 2 is 1.67 bits per heavy atom. The lowest BCUT2D eigenvalue weighted by Crippen LogP contribution is -2.13. The Hall–Kier alpha value is -0.900. The lowest BCUT2D eigenvalue weighted by molar-refractivity contribution is -0.0746. The van der Waals surface area contributed by atoms with E-state index in [1.807, 2.05) is 38.2 Å². The molecule has 3 nitrogen and oxygen atoms in total. The minimum atomic E-state index is -0.294. The van der Waals surface area contributed by atoms with Crippen molar-refractivity contribution >= 4 is 0 Å². The molecule has 0 aliphatic heterocycles. The van der Waals surface area contributed by atoms with Crippen molar-refractivity contribution in [3.05, 3.63) is 35.5 Å². The van der Waals surface area contributed by atoms with Gasteiger partial charge in [0.2, 0.25) is 0 Å². The molecule has 0 aromatic heterocycles. The van der Waals surface area contributed by atoms with Crippen LogP contribution in [0.5, 0.6) is 0 Å². The van der Waals surface area contributed by atoms with Crippen molar-refractivity contribution in [3.63, 3.8) is 0 Å². The summed E-state index contributed by atoms with van der Waals surface area (Å²) >= 11 is 0. The molecule has 0 aromatic carbocycles. The molecule has 0 atom stereocenters. The van der Waals surface area contributed by atoms with Crippen LogP contribution in [0, 0.1) is 0 Å². The Morgan fingerprint density at radius 3 is 2.13 bits per heavy atom. The zero-order chi connectivity index (χ0) is 11.7. The first-order chi connectivity index (χ1) is 7.15. The topological polar surface area (TPSA) is 38.7 Å². The van der Waals surface area contributed by atoms with E-state index >= 15 is 0 Å². The van der Waals surface area contributed by atoms with Crippen LogP contribution in [-0.2, 0) is 9.47 Å².